The van der Waals surface area contributed by atoms with E-state index in [1.807, 2.05) is 30.3 Å². The van der Waals surface area contributed by atoms with E-state index in [9.17, 15) is 14.0 Å². The van der Waals surface area contributed by atoms with Gasteiger partial charge in [-0.05, 0) is 19.1 Å². The van der Waals surface area contributed by atoms with Crippen molar-refractivity contribution in [2.45, 2.75) is 44.0 Å². The molecule has 3 heterocycles. The summed E-state index contributed by atoms with van der Waals surface area (Å²) < 4.78 is 38.5. The summed E-state index contributed by atoms with van der Waals surface area (Å²) in [6.07, 6.45) is -0.977. The van der Waals surface area contributed by atoms with Gasteiger partial charge in [-0.25, -0.2) is 13.9 Å². The summed E-state index contributed by atoms with van der Waals surface area (Å²) in [6.45, 7) is 1.91. The molecule has 198 valence electrons. The third-order valence-electron chi connectivity index (χ3n) is 6.27. The number of fused-ring (bicyclic) bond motifs is 1. The molecular weight excluding hydrogens is 515 g/mol. The molecule has 1 N–H and O–H groups in total. The van der Waals surface area contributed by atoms with E-state index in [-0.39, 0.29) is 24.6 Å². The van der Waals surface area contributed by atoms with Crippen LogP contribution >= 0.6 is 12.2 Å². The maximum Gasteiger partial charge on any atom is 0.366 e. The number of hydrogen-bond donors (Lipinski definition) is 1. The summed E-state index contributed by atoms with van der Waals surface area (Å²) in [7, 11) is 0. The molecule has 0 radical (unpaired) electrons. The molecule has 0 aliphatic carbocycles. The number of thiocarbonyl (C=S) groups is 1. The van der Waals surface area contributed by atoms with Crippen LogP contribution in [-0.4, -0.2) is 63.4 Å². The van der Waals surface area contributed by atoms with E-state index >= 15 is 0 Å². The molecule has 0 saturated carbocycles. The molecule has 12 heteroatoms. The molecule has 5 rings (SSSR count). The van der Waals surface area contributed by atoms with Gasteiger partial charge in [-0.3, -0.25) is 4.79 Å². The van der Waals surface area contributed by atoms with Crippen molar-refractivity contribution in [3.05, 3.63) is 72.2 Å². The largest absolute Gasteiger partial charge is 0.461 e. The fraction of sp³-hybridized carbons (Fsp3) is 0.346. The molecule has 1 amide bonds. The highest BCUT2D eigenvalue weighted by atomic mass is 32.1. The summed E-state index contributed by atoms with van der Waals surface area (Å²) in [4.78, 5) is 24.6. The van der Waals surface area contributed by atoms with Crippen LogP contribution in [0.15, 0.2) is 60.8 Å². The third-order valence-corrected chi connectivity index (χ3v) is 6.53. The third kappa shape index (κ3) is 5.63. The number of benzene rings is 2. The first-order valence-electron chi connectivity index (χ1n) is 12.1. The minimum atomic E-state index is -0.990. The van der Waals surface area contributed by atoms with E-state index in [0.29, 0.717) is 11.3 Å². The lowest BCUT2D eigenvalue weighted by Crippen LogP contribution is -2.56. The Bertz CT molecular complexity index is 1320. The van der Waals surface area contributed by atoms with Crippen LogP contribution in [0.4, 0.5) is 4.39 Å². The van der Waals surface area contributed by atoms with Crippen molar-refractivity contribution in [3.8, 4) is 11.3 Å². The van der Waals surface area contributed by atoms with Crippen molar-refractivity contribution in [3.63, 3.8) is 0 Å². The molecule has 5 atom stereocenters. The molecule has 2 fully saturated rings. The number of ether oxygens (including phenoxy) is 4. The zero-order chi connectivity index (χ0) is 26.6. The van der Waals surface area contributed by atoms with Crippen LogP contribution in [0.1, 0.15) is 31.2 Å². The second-order valence-corrected chi connectivity index (χ2v) is 9.18. The van der Waals surface area contributed by atoms with Gasteiger partial charge in [0, 0.05) is 17.5 Å². The molecule has 10 nitrogen and oxygen atoms in total. The number of amides is 1. The first-order valence-corrected chi connectivity index (χ1v) is 12.5. The zero-order valence-corrected chi connectivity index (χ0v) is 21.2. The van der Waals surface area contributed by atoms with Crippen molar-refractivity contribution in [2.24, 2.45) is 0 Å². The average molecular weight is 541 g/mol. The predicted octanol–water partition coefficient (Wildman–Crippen LogP) is 2.90. The fourth-order valence-corrected chi connectivity index (χ4v) is 4.65. The van der Waals surface area contributed by atoms with Crippen molar-refractivity contribution in [1.82, 2.24) is 20.3 Å². The SMILES string of the molecule is CCOC(=O)C(=S)NC(=O)[C@H]1C[C@@H](n2cc(-c3cccc(F)c3)nn2)[C@H]2OC(c3ccccc3)OC[C@H]2O1. The van der Waals surface area contributed by atoms with Gasteiger partial charge in [-0.2, -0.15) is 0 Å². The Morgan fingerprint density at radius 2 is 2.00 bits per heavy atom. The van der Waals surface area contributed by atoms with Crippen LogP contribution in [0.3, 0.4) is 0 Å². The van der Waals surface area contributed by atoms with Crippen LogP contribution in [0.25, 0.3) is 11.3 Å². The van der Waals surface area contributed by atoms with Crippen LogP contribution in [0.2, 0.25) is 0 Å². The van der Waals surface area contributed by atoms with Gasteiger partial charge in [0.2, 0.25) is 0 Å². The van der Waals surface area contributed by atoms with Crippen LogP contribution in [-0.2, 0) is 28.5 Å². The second-order valence-electron chi connectivity index (χ2n) is 8.78. The topological polar surface area (TPSA) is 114 Å². The molecular formula is C26H25FN4O6S. The number of aromatic nitrogens is 3. The van der Waals surface area contributed by atoms with Crippen molar-refractivity contribution in [1.29, 1.82) is 0 Å². The van der Waals surface area contributed by atoms with Gasteiger partial charge in [0.1, 0.15) is 29.8 Å². The van der Waals surface area contributed by atoms with Crippen LogP contribution in [0, 0.1) is 5.82 Å². The average Bonchev–Trinajstić information content (AvgIpc) is 3.43. The van der Waals surface area contributed by atoms with Gasteiger partial charge in [0.25, 0.3) is 5.91 Å². The van der Waals surface area contributed by atoms with Gasteiger partial charge in [-0.15, -0.1) is 5.10 Å². The normalized spacial score (nSPS) is 24.7. The quantitative estimate of drug-likeness (QED) is 0.385. The summed E-state index contributed by atoms with van der Waals surface area (Å²) in [5, 5.41) is 10.9. The first kappa shape index (κ1) is 26.0. The molecule has 3 aromatic rings. The smallest absolute Gasteiger partial charge is 0.366 e. The van der Waals surface area contributed by atoms with Gasteiger partial charge >= 0.3 is 5.97 Å². The number of carbonyl (C=O) groups excluding carboxylic acids is 2. The Morgan fingerprint density at radius 1 is 1.18 bits per heavy atom. The minimum Gasteiger partial charge on any atom is -0.461 e. The summed E-state index contributed by atoms with van der Waals surface area (Å²) in [6, 6.07) is 15.0. The van der Waals surface area contributed by atoms with Crippen LogP contribution in [0.5, 0.6) is 0 Å². The van der Waals surface area contributed by atoms with E-state index in [2.05, 4.69) is 15.6 Å². The molecule has 2 saturated heterocycles. The standard InChI is InChI=1S/C26H25FN4O6S/c1-2-34-25(33)24(38)28-23(32)20-12-19(31-13-18(29-30-31)16-9-6-10-17(27)11-16)22-21(36-20)14-35-26(37-22)15-7-4-3-5-8-15/h3-11,13,19-22,26H,2,12,14H2,1H3,(H,28,32,38)/t19-,20-,21-,22-,26?/m1/s1. The molecule has 2 aliphatic heterocycles. The lowest BCUT2D eigenvalue weighted by Gasteiger charge is -2.45. The fourth-order valence-electron chi connectivity index (χ4n) is 4.49. The van der Waals surface area contributed by atoms with E-state index < -0.39 is 48.3 Å². The molecule has 1 aromatic heterocycles. The monoisotopic (exact) mass is 540 g/mol. The Morgan fingerprint density at radius 3 is 2.76 bits per heavy atom. The number of hydrogen-bond acceptors (Lipinski definition) is 9. The second kappa shape index (κ2) is 11.4. The van der Waals surface area contributed by atoms with E-state index in [0.717, 1.165) is 5.56 Å². The Hall–Kier alpha value is -3.58. The summed E-state index contributed by atoms with van der Waals surface area (Å²) >= 11 is 4.99. The first-order chi connectivity index (χ1) is 18.4. The van der Waals surface area contributed by atoms with E-state index in [4.69, 9.17) is 31.2 Å². The van der Waals surface area contributed by atoms with Gasteiger partial charge in [-0.1, -0.05) is 59.9 Å². The number of nitrogens with zero attached hydrogens (tertiary/aromatic N) is 3. The molecule has 0 bridgehead atoms. The number of nitrogens with one attached hydrogen (secondary N) is 1. The maximum atomic E-state index is 13.8. The van der Waals surface area contributed by atoms with Gasteiger partial charge in [0.15, 0.2) is 11.3 Å². The number of carbonyl (C=O) groups is 2. The lowest BCUT2D eigenvalue weighted by molar-refractivity contribution is -0.297. The number of rotatable bonds is 5. The van der Waals surface area contributed by atoms with Crippen molar-refractivity contribution < 1.29 is 32.9 Å². The highest BCUT2D eigenvalue weighted by molar-refractivity contribution is 7.82. The van der Waals surface area contributed by atoms with E-state index in [1.165, 1.54) is 12.1 Å². The minimum absolute atomic E-state index is 0.123. The zero-order valence-electron chi connectivity index (χ0n) is 20.4. The lowest BCUT2D eigenvalue weighted by atomic mass is 9.94. The maximum absolute atomic E-state index is 13.8. The summed E-state index contributed by atoms with van der Waals surface area (Å²) in [5.41, 5.74) is 1.86. The predicted molar refractivity (Wildman–Crippen MR) is 135 cm³/mol. The van der Waals surface area contributed by atoms with Crippen molar-refractivity contribution >= 4 is 29.1 Å². The molecule has 38 heavy (non-hydrogen) atoms. The van der Waals surface area contributed by atoms with Gasteiger partial charge in [0.05, 0.1) is 25.5 Å². The van der Waals surface area contributed by atoms with Crippen molar-refractivity contribution in [2.75, 3.05) is 13.2 Å². The highest BCUT2D eigenvalue weighted by Crippen LogP contribution is 2.39. The Labute approximate surface area is 223 Å². The van der Waals surface area contributed by atoms with Gasteiger partial charge < -0.3 is 24.3 Å². The summed E-state index contributed by atoms with van der Waals surface area (Å²) in [5.74, 6) is -1.79. The Kier molecular flexibility index (Phi) is 7.84. The molecule has 1 unspecified atom stereocenters. The number of esters is 1. The number of halogens is 1. The Balaban J connectivity index is 1.40. The van der Waals surface area contributed by atoms with E-state index in [1.54, 1.807) is 29.9 Å². The van der Waals surface area contributed by atoms with Crippen LogP contribution < -0.4 is 5.32 Å². The highest BCUT2D eigenvalue weighted by Gasteiger charge is 2.47. The molecule has 2 aromatic carbocycles. The molecule has 2 aliphatic rings. The molecule has 0 spiro atoms.